The topological polar surface area (TPSA) is 80.9 Å². The second kappa shape index (κ2) is 5.49. The number of thiophene rings is 1. The molecule has 3 aromatic rings. The molecule has 0 aromatic carbocycles. The lowest BCUT2D eigenvalue weighted by molar-refractivity contribution is 0.0956. The van der Waals surface area contributed by atoms with Gasteiger partial charge in [-0.3, -0.25) is 14.8 Å². The number of fused-ring (bicyclic) bond motifs is 1. The molecule has 0 bridgehead atoms. The van der Waals surface area contributed by atoms with Crippen molar-refractivity contribution in [1.29, 1.82) is 0 Å². The highest BCUT2D eigenvalue weighted by Crippen LogP contribution is 2.32. The van der Waals surface area contributed by atoms with E-state index in [-0.39, 0.29) is 5.91 Å². The molecule has 0 aliphatic rings. The summed E-state index contributed by atoms with van der Waals surface area (Å²) in [5.74, 6) is -0.172. The number of aryl methyl sites for hydroxylation is 1. The van der Waals surface area contributed by atoms with Gasteiger partial charge in [0.1, 0.15) is 4.88 Å². The van der Waals surface area contributed by atoms with Crippen LogP contribution in [-0.4, -0.2) is 15.9 Å². The van der Waals surface area contributed by atoms with Crippen LogP contribution in [0.2, 0.25) is 0 Å². The zero-order valence-electron chi connectivity index (χ0n) is 11.5. The molecule has 21 heavy (non-hydrogen) atoms. The Morgan fingerprint density at radius 2 is 2.19 bits per heavy atom. The van der Waals surface area contributed by atoms with Gasteiger partial charge in [0.25, 0.3) is 5.91 Å². The van der Waals surface area contributed by atoms with Crippen LogP contribution in [0, 0.1) is 6.92 Å². The van der Waals surface area contributed by atoms with Crippen molar-refractivity contribution in [3.63, 3.8) is 0 Å². The Balaban J connectivity index is 1.78. The van der Waals surface area contributed by atoms with Crippen LogP contribution in [0.4, 0.5) is 5.69 Å². The third-order valence-corrected chi connectivity index (χ3v) is 4.32. The molecular weight excluding hydrogens is 284 g/mol. The molecule has 6 heteroatoms. The van der Waals surface area contributed by atoms with E-state index in [1.165, 1.54) is 11.3 Å². The van der Waals surface area contributed by atoms with Crippen molar-refractivity contribution in [2.75, 3.05) is 5.73 Å². The van der Waals surface area contributed by atoms with Gasteiger partial charge in [0, 0.05) is 36.2 Å². The number of pyridine rings is 2. The average Bonchev–Trinajstić information content (AvgIpc) is 2.84. The Hall–Kier alpha value is -2.47. The van der Waals surface area contributed by atoms with Gasteiger partial charge in [0.05, 0.1) is 10.4 Å². The second-order valence-electron chi connectivity index (χ2n) is 4.71. The molecule has 0 aliphatic carbocycles. The Morgan fingerprint density at radius 1 is 1.33 bits per heavy atom. The zero-order valence-corrected chi connectivity index (χ0v) is 12.3. The van der Waals surface area contributed by atoms with Crippen molar-refractivity contribution < 1.29 is 4.79 Å². The van der Waals surface area contributed by atoms with E-state index in [0.29, 0.717) is 17.1 Å². The van der Waals surface area contributed by atoms with Crippen molar-refractivity contribution in [2.24, 2.45) is 0 Å². The molecule has 0 fully saturated rings. The van der Waals surface area contributed by atoms with Crippen LogP contribution in [0.5, 0.6) is 0 Å². The van der Waals surface area contributed by atoms with Crippen LogP contribution in [0.1, 0.15) is 20.9 Å². The first-order valence-electron chi connectivity index (χ1n) is 6.47. The van der Waals surface area contributed by atoms with E-state index in [2.05, 4.69) is 15.3 Å². The van der Waals surface area contributed by atoms with Gasteiger partial charge in [-0.15, -0.1) is 11.3 Å². The van der Waals surface area contributed by atoms with E-state index in [0.717, 1.165) is 21.3 Å². The number of nitrogens with two attached hydrogens (primary N) is 1. The summed E-state index contributed by atoms with van der Waals surface area (Å²) in [5, 5.41) is 3.74. The number of nitrogens with one attached hydrogen (secondary N) is 1. The summed E-state index contributed by atoms with van der Waals surface area (Å²) >= 11 is 1.35. The maximum absolute atomic E-state index is 12.3. The number of amides is 1. The number of hydrogen-bond acceptors (Lipinski definition) is 5. The van der Waals surface area contributed by atoms with Crippen molar-refractivity contribution in [3.8, 4) is 0 Å². The summed E-state index contributed by atoms with van der Waals surface area (Å²) in [6.45, 7) is 2.35. The highest BCUT2D eigenvalue weighted by atomic mass is 32.1. The number of rotatable bonds is 3. The van der Waals surface area contributed by atoms with Gasteiger partial charge in [-0.2, -0.15) is 0 Å². The third kappa shape index (κ3) is 2.71. The maximum atomic E-state index is 12.3. The Morgan fingerprint density at radius 3 is 2.90 bits per heavy atom. The molecule has 3 N–H and O–H groups in total. The molecule has 3 rings (SSSR count). The summed E-state index contributed by atoms with van der Waals surface area (Å²) in [4.78, 5) is 21.0. The van der Waals surface area contributed by atoms with Crippen molar-refractivity contribution in [2.45, 2.75) is 13.5 Å². The van der Waals surface area contributed by atoms with Gasteiger partial charge < -0.3 is 11.1 Å². The Labute approximate surface area is 125 Å². The minimum atomic E-state index is -0.172. The molecule has 0 unspecified atom stereocenters. The van der Waals surface area contributed by atoms with Crippen LogP contribution < -0.4 is 11.1 Å². The highest BCUT2D eigenvalue weighted by Gasteiger charge is 2.15. The number of hydrogen-bond donors (Lipinski definition) is 2. The van der Waals surface area contributed by atoms with E-state index in [1.807, 2.05) is 25.1 Å². The molecule has 0 atom stereocenters. The molecule has 0 radical (unpaired) electrons. The largest absolute Gasteiger partial charge is 0.397 e. The van der Waals surface area contributed by atoms with Gasteiger partial charge in [-0.25, -0.2) is 0 Å². The molecule has 1 amide bonds. The van der Waals surface area contributed by atoms with Gasteiger partial charge >= 0.3 is 0 Å². The summed E-state index contributed by atoms with van der Waals surface area (Å²) in [6.07, 6.45) is 5.15. The fourth-order valence-electron chi connectivity index (χ4n) is 2.01. The summed E-state index contributed by atoms with van der Waals surface area (Å²) in [7, 11) is 0. The Bertz CT molecular complexity index is 795. The van der Waals surface area contributed by atoms with Crippen LogP contribution in [0.15, 0.2) is 36.8 Å². The number of carbonyl (C=O) groups is 1. The molecule has 0 aliphatic heterocycles. The lowest BCUT2D eigenvalue weighted by atomic mass is 10.2. The highest BCUT2D eigenvalue weighted by molar-refractivity contribution is 7.21. The minimum Gasteiger partial charge on any atom is -0.397 e. The van der Waals surface area contributed by atoms with Crippen molar-refractivity contribution in [3.05, 3.63) is 52.9 Å². The lowest BCUT2D eigenvalue weighted by Crippen LogP contribution is -2.22. The minimum absolute atomic E-state index is 0.172. The summed E-state index contributed by atoms with van der Waals surface area (Å²) in [5.41, 5.74) is 8.45. The molecule has 0 spiro atoms. The SMILES string of the molecule is Cc1ccc(CNC(=O)c2sc3cnccc3c2N)cn1. The van der Waals surface area contributed by atoms with Gasteiger partial charge in [-0.1, -0.05) is 6.07 Å². The van der Waals surface area contributed by atoms with E-state index in [9.17, 15) is 4.79 Å². The van der Waals surface area contributed by atoms with Crippen LogP contribution in [0.25, 0.3) is 10.1 Å². The number of nitrogen functional groups attached to an aromatic ring is 1. The number of carbonyl (C=O) groups excluding carboxylic acids is 1. The smallest absolute Gasteiger partial charge is 0.263 e. The normalized spacial score (nSPS) is 10.7. The number of aromatic nitrogens is 2. The van der Waals surface area contributed by atoms with E-state index >= 15 is 0 Å². The predicted octanol–water partition coefficient (Wildman–Crippen LogP) is 2.51. The first-order valence-corrected chi connectivity index (χ1v) is 7.28. The number of anilines is 1. The van der Waals surface area contributed by atoms with E-state index in [4.69, 9.17) is 5.73 Å². The summed E-state index contributed by atoms with van der Waals surface area (Å²) < 4.78 is 0.914. The molecule has 3 heterocycles. The average molecular weight is 298 g/mol. The van der Waals surface area contributed by atoms with Gasteiger partial charge in [0.2, 0.25) is 0 Å². The van der Waals surface area contributed by atoms with Crippen LogP contribution in [0.3, 0.4) is 0 Å². The first-order chi connectivity index (χ1) is 10.1. The van der Waals surface area contributed by atoms with Crippen LogP contribution in [-0.2, 0) is 6.54 Å². The maximum Gasteiger partial charge on any atom is 0.263 e. The van der Waals surface area contributed by atoms with Crippen molar-refractivity contribution >= 4 is 33.0 Å². The zero-order chi connectivity index (χ0) is 14.8. The quantitative estimate of drug-likeness (QED) is 0.778. The fraction of sp³-hybridized carbons (Fsp3) is 0.133. The van der Waals surface area contributed by atoms with Gasteiger partial charge in [0.15, 0.2) is 0 Å². The monoisotopic (exact) mass is 298 g/mol. The Kier molecular flexibility index (Phi) is 3.53. The molecule has 0 saturated carbocycles. The third-order valence-electron chi connectivity index (χ3n) is 3.16. The first kappa shape index (κ1) is 13.5. The lowest BCUT2D eigenvalue weighted by Gasteiger charge is -2.04. The molecular formula is C15H14N4OS. The summed E-state index contributed by atoms with van der Waals surface area (Å²) in [6, 6.07) is 5.68. The molecule has 5 nitrogen and oxygen atoms in total. The predicted molar refractivity (Wildman–Crippen MR) is 84.2 cm³/mol. The van der Waals surface area contributed by atoms with Crippen molar-refractivity contribution in [1.82, 2.24) is 15.3 Å². The standard InChI is InChI=1S/C15H14N4OS/c1-9-2-3-10(6-18-9)7-19-15(20)14-13(16)11-4-5-17-8-12(11)21-14/h2-6,8H,7,16H2,1H3,(H,19,20). The van der Waals surface area contributed by atoms with E-state index < -0.39 is 0 Å². The second-order valence-corrected chi connectivity index (χ2v) is 5.76. The van der Waals surface area contributed by atoms with E-state index in [1.54, 1.807) is 18.6 Å². The van der Waals surface area contributed by atoms with Crippen LogP contribution >= 0.6 is 11.3 Å². The number of nitrogens with zero attached hydrogens (tertiary/aromatic N) is 2. The van der Waals surface area contributed by atoms with Gasteiger partial charge in [-0.05, 0) is 24.6 Å². The molecule has 106 valence electrons. The molecule has 3 aromatic heterocycles. The fourth-order valence-corrected chi connectivity index (χ4v) is 3.01. The molecule has 0 saturated heterocycles.